The zero-order valence-electron chi connectivity index (χ0n) is 21.3. The Bertz CT molecular complexity index is 1210. The van der Waals surface area contributed by atoms with Crippen LogP contribution in [0.15, 0.2) is 53.8 Å². The number of aromatic nitrogens is 1. The van der Waals surface area contributed by atoms with Gasteiger partial charge in [0.05, 0.1) is 5.69 Å². The maximum absolute atomic E-state index is 12.7. The van der Waals surface area contributed by atoms with Crippen LogP contribution >= 0.6 is 11.6 Å². The maximum Gasteiger partial charge on any atom is 0.410 e. The number of fused-ring (bicyclic) bond motifs is 2. The van der Waals surface area contributed by atoms with Gasteiger partial charge in [0.15, 0.2) is 0 Å². The van der Waals surface area contributed by atoms with Crippen LogP contribution in [0.2, 0.25) is 5.02 Å². The lowest BCUT2D eigenvalue weighted by atomic mass is 9.76. The minimum absolute atomic E-state index is 0.149. The van der Waals surface area contributed by atoms with Crippen LogP contribution in [-0.2, 0) is 4.74 Å². The van der Waals surface area contributed by atoms with Gasteiger partial charge in [-0.3, -0.25) is 9.98 Å². The summed E-state index contributed by atoms with van der Waals surface area (Å²) in [7, 11) is 0. The van der Waals surface area contributed by atoms with E-state index in [0.717, 1.165) is 36.4 Å². The normalized spacial score (nSPS) is 21.6. The van der Waals surface area contributed by atoms with Gasteiger partial charge < -0.3 is 9.64 Å². The third-order valence-electron chi connectivity index (χ3n) is 7.30. The first-order valence-corrected chi connectivity index (χ1v) is 13.3. The molecule has 2 unspecified atom stereocenters. The van der Waals surface area contributed by atoms with E-state index in [0.29, 0.717) is 24.9 Å². The number of amides is 1. The van der Waals surface area contributed by atoms with Crippen molar-refractivity contribution in [2.45, 2.75) is 58.0 Å². The van der Waals surface area contributed by atoms with Gasteiger partial charge in [-0.15, -0.1) is 0 Å². The molecule has 3 heterocycles. The summed E-state index contributed by atoms with van der Waals surface area (Å²) in [6.45, 7) is 7.11. The molecule has 3 aliphatic rings. The summed E-state index contributed by atoms with van der Waals surface area (Å²) in [6, 6.07) is 10.5. The van der Waals surface area contributed by atoms with E-state index >= 15 is 0 Å². The Hall–Kier alpha value is -2.92. The van der Waals surface area contributed by atoms with E-state index in [9.17, 15) is 4.79 Å². The van der Waals surface area contributed by atoms with Crippen LogP contribution in [-0.4, -0.2) is 40.9 Å². The molecule has 36 heavy (non-hydrogen) atoms. The monoisotopic (exact) mass is 503 g/mol. The number of rotatable bonds is 4. The maximum atomic E-state index is 12.7. The molecule has 0 bridgehead atoms. The summed E-state index contributed by atoms with van der Waals surface area (Å²) < 4.78 is 5.62. The van der Waals surface area contributed by atoms with Crippen molar-refractivity contribution < 1.29 is 9.53 Å². The summed E-state index contributed by atoms with van der Waals surface area (Å²) in [5.74, 6) is 0.895. The zero-order chi connectivity index (χ0) is 25.3. The van der Waals surface area contributed by atoms with Crippen LogP contribution in [0.1, 0.15) is 74.8 Å². The molecule has 6 heteroatoms. The summed E-state index contributed by atoms with van der Waals surface area (Å²) in [5.41, 5.74) is 5.61. The first-order chi connectivity index (χ1) is 17.3. The summed E-state index contributed by atoms with van der Waals surface area (Å²) in [6.07, 6.45) is 13.8. The SMILES string of the molecule is CC(C)(C)OC(=O)N1CCC(C2c3ccc(Cl)cc3C=C(CCC3C=CN=C3)c3cccnc32)CC1. The highest BCUT2D eigenvalue weighted by Crippen LogP contribution is 2.45. The molecule has 2 aliphatic heterocycles. The number of allylic oxidation sites excluding steroid dienone is 2. The Morgan fingerprint density at radius 1 is 1.19 bits per heavy atom. The molecule has 2 aromatic rings. The Morgan fingerprint density at radius 2 is 2.00 bits per heavy atom. The molecular weight excluding hydrogens is 470 g/mol. The molecule has 0 N–H and O–H groups in total. The Morgan fingerprint density at radius 3 is 2.72 bits per heavy atom. The first kappa shape index (κ1) is 24.8. The smallest absolute Gasteiger partial charge is 0.410 e. The van der Waals surface area contributed by atoms with Gasteiger partial charge >= 0.3 is 6.09 Å². The van der Waals surface area contributed by atoms with Crippen molar-refractivity contribution in [3.63, 3.8) is 0 Å². The van der Waals surface area contributed by atoms with Crippen LogP contribution in [0.5, 0.6) is 0 Å². The largest absolute Gasteiger partial charge is 0.444 e. The molecule has 2 atom stereocenters. The number of hydrogen-bond acceptors (Lipinski definition) is 4. The van der Waals surface area contributed by atoms with Crippen molar-refractivity contribution in [2.24, 2.45) is 16.8 Å². The van der Waals surface area contributed by atoms with E-state index in [1.807, 2.05) is 56.4 Å². The third-order valence-corrected chi connectivity index (χ3v) is 7.53. The predicted molar refractivity (Wildman–Crippen MR) is 146 cm³/mol. The highest BCUT2D eigenvalue weighted by Gasteiger charge is 2.36. The molecular formula is C30H34ClN3O2. The molecule has 1 aromatic carbocycles. The average molecular weight is 504 g/mol. The number of pyridine rings is 1. The van der Waals surface area contributed by atoms with Gasteiger partial charge in [-0.1, -0.05) is 35.9 Å². The van der Waals surface area contributed by atoms with Crippen LogP contribution in [0.3, 0.4) is 0 Å². The fourth-order valence-corrected chi connectivity index (χ4v) is 5.77. The lowest BCUT2D eigenvalue weighted by Crippen LogP contribution is -2.42. The van der Waals surface area contributed by atoms with Gasteiger partial charge in [0, 0.05) is 48.6 Å². The third kappa shape index (κ3) is 5.41. The van der Waals surface area contributed by atoms with Crippen LogP contribution < -0.4 is 0 Å². The quantitative estimate of drug-likeness (QED) is 0.438. The number of carbonyl (C=O) groups excluding carboxylic acids is 1. The molecule has 1 saturated heterocycles. The Labute approximate surface area is 218 Å². The number of ether oxygens (including phenoxy) is 1. The molecule has 1 aromatic heterocycles. The van der Waals surface area contributed by atoms with Gasteiger partial charge in [-0.2, -0.15) is 0 Å². The molecule has 1 aliphatic carbocycles. The van der Waals surface area contributed by atoms with E-state index in [1.165, 1.54) is 22.3 Å². The number of hydrogen-bond donors (Lipinski definition) is 0. The van der Waals surface area contributed by atoms with Crippen molar-refractivity contribution >= 4 is 35.6 Å². The molecule has 1 amide bonds. The molecule has 0 saturated carbocycles. The highest BCUT2D eigenvalue weighted by atomic mass is 35.5. The fourth-order valence-electron chi connectivity index (χ4n) is 5.59. The minimum Gasteiger partial charge on any atom is -0.444 e. The number of nitrogens with zero attached hydrogens (tertiary/aromatic N) is 3. The Balaban J connectivity index is 1.45. The van der Waals surface area contributed by atoms with Crippen LogP contribution in [0.4, 0.5) is 4.79 Å². The summed E-state index contributed by atoms with van der Waals surface area (Å²) >= 11 is 6.48. The summed E-state index contributed by atoms with van der Waals surface area (Å²) in [5, 5.41) is 0.743. The first-order valence-electron chi connectivity index (χ1n) is 12.9. The number of likely N-dealkylation sites (tertiary alicyclic amines) is 1. The van der Waals surface area contributed by atoms with E-state index in [-0.39, 0.29) is 12.0 Å². The average Bonchev–Trinajstić information content (AvgIpc) is 3.32. The van der Waals surface area contributed by atoms with Gasteiger partial charge in [-0.05, 0) is 92.8 Å². The fraction of sp³-hybridized carbons (Fsp3) is 0.433. The number of carbonyl (C=O) groups is 1. The van der Waals surface area contributed by atoms with Crippen LogP contribution in [0.25, 0.3) is 11.6 Å². The van der Waals surface area contributed by atoms with E-state index < -0.39 is 5.60 Å². The lowest BCUT2D eigenvalue weighted by Gasteiger charge is -2.37. The van der Waals surface area contributed by atoms with Crippen molar-refractivity contribution in [3.05, 3.63) is 76.2 Å². The molecule has 1 fully saturated rings. The lowest BCUT2D eigenvalue weighted by molar-refractivity contribution is 0.0178. The number of aliphatic imine (C=N–C) groups is 1. The standard InChI is InChI=1S/C30H34ClN3O2/c1-30(2,3)36-29(35)34-15-11-21(12-16-34)27-25-9-8-24(31)18-23(25)17-22(7-6-20-10-14-32-19-20)26-5-4-13-33-28(26)27/h4-5,8-10,13-14,17-21,27H,6-7,11-12,15-16H2,1-3H3. The highest BCUT2D eigenvalue weighted by molar-refractivity contribution is 6.30. The van der Waals surface area contributed by atoms with E-state index in [2.05, 4.69) is 35.3 Å². The van der Waals surface area contributed by atoms with Gasteiger partial charge in [0.2, 0.25) is 0 Å². The molecule has 188 valence electrons. The number of halogens is 1. The van der Waals surface area contributed by atoms with Crippen molar-refractivity contribution in [2.75, 3.05) is 13.1 Å². The number of benzene rings is 1. The molecule has 0 radical (unpaired) electrons. The number of piperidine rings is 1. The second-order valence-corrected chi connectivity index (χ2v) is 11.4. The topological polar surface area (TPSA) is 54.8 Å². The second kappa shape index (κ2) is 10.2. The van der Waals surface area contributed by atoms with Gasteiger partial charge in [0.1, 0.15) is 5.60 Å². The van der Waals surface area contributed by atoms with Crippen molar-refractivity contribution in [1.82, 2.24) is 9.88 Å². The molecule has 5 rings (SSSR count). The predicted octanol–water partition coefficient (Wildman–Crippen LogP) is 7.36. The van der Waals surface area contributed by atoms with Crippen LogP contribution in [0, 0.1) is 11.8 Å². The molecule has 0 spiro atoms. The van der Waals surface area contributed by atoms with Crippen molar-refractivity contribution in [3.8, 4) is 0 Å². The van der Waals surface area contributed by atoms with E-state index in [1.54, 1.807) is 0 Å². The van der Waals surface area contributed by atoms with Crippen molar-refractivity contribution in [1.29, 1.82) is 0 Å². The zero-order valence-corrected chi connectivity index (χ0v) is 22.0. The Kier molecular flexibility index (Phi) is 7.03. The van der Waals surface area contributed by atoms with Gasteiger partial charge in [-0.25, -0.2) is 4.79 Å². The van der Waals surface area contributed by atoms with Gasteiger partial charge in [0.25, 0.3) is 0 Å². The second-order valence-electron chi connectivity index (χ2n) is 11.0. The molecule has 5 nitrogen and oxygen atoms in total. The minimum atomic E-state index is -0.488. The van der Waals surface area contributed by atoms with E-state index in [4.69, 9.17) is 21.3 Å². The summed E-state index contributed by atoms with van der Waals surface area (Å²) in [4.78, 5) is 23.7.